The zero-order valence-corrected chi connectivity index (χ0v) is 10.8. The van der Waals surface area contributed by atoms with Crippen molar-refractivity contribution in [1.29, 1.82) is 0 Å². The minimum Gasteiger partial charge on any atom is -0.296 e. The fraction of sp³-hybridized carbons (Fsp3) is 0.273. The monoisotopic (exact) mass is 308 g/mol. The molecule has 1 fully saturated rings. The minimum atomic E-state index is -0.345. The zero-order valence-electron chi connectivity index (χ0n) is 9.26. The molecule has 3 heterocycles. The van der Waals surface area contributed by atoms with Crippen molar-refractivity contribution >= 4 is 33.4 Å². The number of piperidine rings is 1. The predicted octanol–water partition coefficient (Wildman–Crippen LogP) is 1.01. The van der Waals surface area contributed by atoms with Crippen molar-refractivity contribution in [2.75, 3.05) is 0 Å². The largest absolute Gasteiger partial charge is 0.296 e. The van der Waals surface area contributed by atoms with E-state index in [0.717, 1.165) is 10.2 Å². The second kappa shape index (κ2) is 4.16. The molecule has 0 aromatic carbocycles. The summed E-state index contributed by atoms with van der Waals surface area (Å²) in [7, 11) is 0. The summed E-state index contributed by atoms with van der Waals surface area (Å²) in [5, 5.41) is 10.2. The predicted molar refractivity (Wildman–Crippen MR) is 65.8 cm³/mol. The summed E-state index contributed by atoms with van der Waals surface area (Å²) in [5.41, 5.74) is 1.43. The van der Waals surface area contributed by atoms with E-state index < -0.39 is 0 Å². The average molecular weight is 309 g/mol. The molecule has 1 unspecified atom stereocenters. The molecular formula is C11H9BrN4O2. The molecule has 2 aromatic heterocycles. The number of nitrogens with one attached hydrogen (secondary N) is 1. The molecule has 0 aliphatic carbocycles. The van der Waals surface area contributed by atoms with Crippen molar-refractivity contribution in [3.05, 3.63) is 28.6 Å². The molecule has 1 atom stereocenters. The third kappa shape index (κ3) is 1.71. The third-order valence-electron chi connectivity index (χ3n) is 3.05. The normalized spacial score (nSPS) is 20.2. The number of hydrogen-bond acceptors (Lipinski definition) is 4. The van der Waals surface area contributed by atoms with Crippen LogP contribution in [0.4, 0.5) is 0 Å². The molecule has 6 nitrogen and oxygen atoms in total. The fourth-order valence-electron chi connectivity index (χ4n) is 2.16. The summed E-state index contributed by atoms with van der Waals surface area (Å²) in [6.07, 6.45) is 2.44. The Morgan fingerprint density at radius 1 is 1.39 bits per heavy atom. The van der Waals surface area contributed by atoms with Crippen LogP contribution >= 0.6 is 15.9 Å². The molecule has 2 amide bonds. The van der Waals surface area contributed by atoms with Gasteiger partial charge in [-0.1, -0.05) is 6.07 Å². The maximum absolute atomic E-state index is 11.9. The van der Waals surface area contributed by atoms with E-state index in [1.165, 1.54) is 0 Å². The van der Waals surface area contributed by atoms with Gasteiger partial charge in [-0.15, -0.1) is 10.2 Å². The SMILES string of the molecule is O=C1CCC(c2ccc(Br)n3cnnc23)C(=O)N1. The molecule has 18 heavy (non-hydrogen) atoms. The molecule has 0 spiro atoms. The van der Waals surface area contributed by atoms with Gasteiger partial charge in [0.15, 0.2) is 5.65 Å². The Bertz CT molecular complexity index is 652. The topological polar surface area (TPSA) is 76.4 Å². The Labute approximate surface area is 111 Å². The Morgan fingerprint density at radius 2 is 2.22 bits per heavy atom. The van der Waals surface area contributed by atoms with Crippen LogP contribution in [0.25, 0.3) is 5.65 Å². The first-order chi connectivity index (χ1) is 8.66. The molecule has 1 aliphatic rings. The number of rotatable bonds is 1. The number of halogens is 1. The van der Waals surface area contributed by atoms with Gasteiger partial charge in [0.1, 0.15) is 6.33 Å². The van der Waals surface area contributed by atoms with Crippen molar-refractivity contribution in [1.82, 2.24) is 19.9 Å². The van der Waals surface area contributed by atoms with E-state index in [1.54, 1.807) is 10.7 Å². The lowest BCUT2D eigenvalue weighted by Crippen LogP contribution is -2.39. The number of fused-ring (bicyclic) bond motifs is 1. The number of aromatic nitrogens is 3. The van der Waals surface area contributed by atoms with Crippen molar-refractivity contribution in [3.8, 4) is 0 Å². The summed E-state index contributed by atoms with van der Waals surface area (Å²) in [4.78, 5) is 23.0. The second-order valence-corrected chi connectivity index (χ2v) is 4.95. The molecule has 1 N–H and O–H groups in total. The molecule has 1 saturated heterocycles. The standard InChI is InChI=1S/C11H9BrN4O2/c12-8-3-1-6(10-15-13-5-16(8)10)7-2-4-9(17)14-11(7)18/h1,3,5,7H,2,4H2,(H,14,17,18). The second-order valence-electron chi connectivity index (χ2n) is 4.14. The van der Waals surface area contributed by atoms with Crippen LogP contribution in [0.1, 0.15) is 24.3 Å². The molecule has 1 aliphatic heterocycles. The van der Waals surface area contributed by atoms with Crippen molar-refractivity contribution < 1.29 is 9.59 Å². The van der Waals surface area contributed by atoms with Crippen LogP contribution in [-0.2, 0) is 9.59 Å². The van der Waals surface area contributed by atoms with Crippen LogP contribution < -0.4 is 5.32 Å². The van der Waals surface area contributed by atoms with E-state index >= 15 is 0 Å². The smallest absolute Gasteiger partial charge is 0.234 e. The summed E-state index contributed by atoms with van der Waals surface area (Å²) < 4.78 is 2.58. The first-order valence-corrected chi connectivity index (χ1v) is 6.28. The van der Waals surface area contributed by atoms with Gasteiger partial charge in [-0.25, -0.2) is 0 Å². The molecule has 0 saturated carbocycles. The van der Waals surface area contributed by atoms with Gasteiger partial charge < -0.3 is 0 Å². The highest BCUT2D eigenvalue weighted by atomic mass is 79.9. The van der Waals surface area contributed by atoms with Gasteiger partial charge in [-0.3, -0.25) is 19.3 Å². The van der Waals surface area contributed by atoms with Crippen LogP contribution in [0.5, 0.6) is 0 Å². The van der Waals surface area contributed by atoms with Crippen molar-refractivity contribution in [3.63, 3.8) is 0 Å². The average Bonchev–Trinajstić information content (AvgIpc) is 2.81. The summed E-state index contributed by atoms with van der Waals surface area (Å²) in [5.74, 6) is -0.827. The number of hydrogen-bond donors (Lipinski definition) is 1. The van der Waals surface area contributed by atoms with Crippen LogP contribution in [0.2, 0.25) is 0 Å². The van der Waals surface area contributed by atoms with Gasteiger partial charge >= 0.3 is 0 Å². The number of imide groups is 1. The van der Waals surface area contributed by atoms with E-state index in [2.05, 4.69) is 31.4 Å². The molecule has 2 aromatic rings. The summed E-state index contributed by atoms with van der Waals surface area (Å²) in [6, 6.07) is 3.68. The lowest BCUT2D eigenvalue weighted by Gasteiger charge is -2.21. The molecular weight excluding hydrogens is 300 g/mol. The number of amides is 2. The summed E-state index contributed by atoms with van der Waals surface area (Å²) >= 11 is 3.39. The maximum Gasteiger partial charge on any atom is 0.234 e. The highest BCUT2D eigenvalue weighted by Crippen LogP contribution is 2.28. The lowest BCUT2D eigenvalue weighted by atomic mass is 9.91. The summed E-state index contributed by atoms with van der Waals surface area (Å²) in [6.45, 7) is 0. The molecule has 7 heteroatoms. The third-order valence-corrected chi connectivity index (χ3v) is 3.70. The first kappa shape index (κ1) is 11.3. The Kier molecular flexibility index (Phi) is 2.62. The highest BCUT2D eigenvalue weighted by Gasteiger charge is 2.30. The number of pyridine rings is 1. The quantitative estimate of drug-likeness (QED) is 0.630. The van der Waals surface area contributed by atoms with Gasteiger partial charge in [0, 0.05) is 12.0 Å². The van der Waals surface area contributed by atoms with Crippen LogP contribution in [0, 0.1) is 0 Å². The number of carbonyl (C=O) groups is 2. The minimum absolute atomic E-state index is 0.217. The van der Waals surface area contributed by atoms with Crippen molar-refractivity contribution in [2.45, 2.75) is 18.8 Å². The van der Waals surface area contributed by atoms with Gasteiger partial charge in [-0.2, -0.15) is 0 Å². The van der Waals surface area contributed by atoms with Gasteiger partial charge in [0.2, 0.25) is 11.8 Å². The number of carbonyl (C=O) groups excluding carboxylic acids is 2. The van der Waals surface area contributed by atoms with E-state index in [4.69, 9.17) is 0 Å². The molecule has 92 valence electrons. The van der Waals surface area contributed by atoms with E-state index in [0.29, 0.717) is 18.5 Å². The first-order valence-electron chi connectivity index (χ1n) is 5.48. The van der Waals surface area contributed by atoms with Crippen LogP contribution in [0.15, 0.2) is 23.1 Å². The molecule has 0 radical (unpaired) electrons. The van der Waals surface area contributed by atoms with E-state index in [1.807, 2.05) is 12.1 Å². The Balaban J connectivity index is 2.09. The van der Waals surface area contributed by atoms with Gasteiger partial charge in [0.05, 0.1) is 10.5 Å². The molecule has 0 bridgehead atoms. The molecule has 3 rings (SSSR count). The Hall–Kier alpha value is -1.76. The van der Waals surface area contributed by atoms with Gasteiger partial charge in [0.25, 0.3) is 0 Å². The highest BCUT2D eigenvalue weighted by molar-refractivity contribution is 9.10. The number of nitrogens with zero attached hydrogens (tertiary/aromatic N) is 3. The fourth-order valence-corrected chi connectivity index (χ4v) is 2.56. The van der Waals surface area contributed by atoms with Crippen LogP contribution in [0.3, 0.4) is 0 Å². The lowest BCUT2D eigenvalue weighted by molar-refractivity contribution is -0.134. The van der Waals surface area contributed by atoms with E-state index in [-0.39, 0.29) is 17.7 Å². The Morgan fingerprint density at radius 3 is 3.00 bits per heavy atom. The van der Waals surface area contributed by atoms with Crippen LogP contribution in [-0.4, -0.2) is 26.4 Å². The van der Waals surface area contributed by atoms with E-state index in [9.17, 15) is 9.59 Å². The van der Waals surface area contributed by atoms with Crippen molar-refractivity contribution in [2.24, 2.45) is 0 Å². The zero-order chi connectivity index (χ0) is 12.7. The van der Waals surface area contributed by atoms with Gasteiger partial charge in [-0.05, 0) is 28.4 Å². The maximum atomic E-state index is 11.9.